The number of pyridine rings is 1. The molecule has 0 aliphatic carbocycles. The summed E-state index contributed by atoms with van der Waals surface area (Å²) in [4.78, 5) is 20.9. The summed E-state index contributed by atoms with van der Waals surface area (Å²) in [5, 5.41) is 0.943. The number of nitrogens with zero attached hydrogens (tertiary/aromatic N) is 3. The van der Waals surface area contributed by atoms with E-state index in [4.69, 9.17) is 0 Å². The lowest BCUT2D eigenvalue weighted by molar-refractivity contribution is -0.129. The predicted molar refractivity (Wildman–Crippen MR) is 87.9 cm³/mol. The van der Waals surface area contributed by atoms with E-state index in [0.29, 0.717) is 11.9 Å². The van der Waals surface area contributed by atoms with E-state index in [-0.39, 0.29) is 17.8 Å². The number of rotatable bonds is 2. The molecule has 1 atom stereocenters. The number of anilines is 1. The van der Waals surface area contributed by atoms with Crippen molar-refractivity contribution < 1.29 is 9.18 Å². The van der Waals surface area contributed by atoms with Gasteiger partial charge in [-0.3, -0.25) is 4.79 Å². The first-order valence-electron chi connectivity index (χ1n) is 8.31. The molecule has 120 valence electrons. The summed E-state index contributed by atoms with van der Waals surface area (Å²) in [5.41, 5.74) is 0.682. The van der Waals surface area contributed by atoms with Gasteiger partial charge in [-0.1, -0.05) is 0 Å². The summed E-state index contributed by atoms with van der Waals surface area (Å²) in [7, 11) is 0. The number of hydrogen-bond donors (Lipinski definition) is 0. The second kappa shape index (κ2) is 5.80. The largest absolute Gasteiger partial charge is 0.355 e. The molecule has 0 saturated carbocycles. The molecule has 0 spiro atoms. The van der Waals surface area contributed by atoms with Crippen molar-refractivity contribution in [3.63, 3.8) is 0 Å². The SMILES string of the molecule is O=C1CCCN1[C@@H]1CCCN(c2ccc3ccc(F)cc3n2)C1. The van der Waals surface area contributed by atoms with Crippen molar-refractivity contribution in [2.45, 2.75) is 31.7 Å². The molecule has 23 heavy (non-hydrogen) atoms. The van der Waals surface area contributed by atoms with E-state index in [0.717, 1.165) is 50.1 Å². The number of fused-ring (bicyclic) bond motifs is 1. The van der Waals surface area contributed by atoms with E-state index in [2.05, 4.69) is 9.88 Å². The van der Waals surface area contributed by atoms with Crippen LogP contribution in [0.25, 0.3) is 10.9 Å². The van der Waals surface area contributed by atoms with Gasteiger partial charge in [-0.25, -0.2) is 9.37 Å². The van der Waals surface area contributed by atoms with E-state index in [1.54, 1.807) is 6.07 Å². The van der Waals surface area contributed by atoms with Gasteiger partial charge < -0.3 is 9.80 Å². The fourth-order valence-electron chi connectivity index (χ4n) is 3.73. The zero-order valence-corrected chi connectivity index (χ0v) is 13.0. The minimum atomic E-state index is -0.263. The number of aromatic nitrogens is 1. The normalized spacial score (nSPS) is 22.1. The van der Waals surface area contributed by atoms with E-state index in [1.807, 2.05) is 17.0 Å². The first kappa shape index (κ1) is 14.4. The zero-order chi connectivity index (χ0) is 15.8. The van der Waals surface area contributed by atoms with E-state index in [1.165, 1.54) is 12.1 Å². The molecule has 2 fully saturated rings. The molecule has 0 N–H and O–H groups in total. The summed E-state index contributed by atoms with van der Waals surface area (Å²) in [6, 6.07) is 8.95. The second-order valence-electron chi connectivity index (χ2n) is 6.44. The molecule has 1 amide bonds. The van der Waals surface area contributed by atoms with Gasteiger partial charge in [-0.2, -0.15) is 0 Å². The first-order chi connectivity index (χ1) is 11.2. The van der Waals surface area contributed by atoms with Crippen LogP contribution in [0.2, 0.25) is 0 Å². The Hall–Kier alpha value is -2.17. The molecule has 0 unspecified atom stereocenters. The van der Waals surface area contributed by atoms with Crippen molar-refractivity contribution in [2.75, 3.05) is 24.5 Å². The summed E-state index contributed by atoms with van der Waals surface area (Å²) >= 11 is 0. The lowest BCUT2D eigenvalue weighted by atomic mass is 10.0. The Morgan fingerprint density at radius 1 is 1.13 bits per heavy atom. The van der Waals surface area contributed by atoms with Crippen LogP contribution in [0.4, 0.5) is 10.2 Å². The Bertz CT molecular complexity index is 748. The van der Waals surface area contributed by atoms with Gasteiger partial charge >= 0.3 is 0 Å². The molecule has 4 nitrogen and oxygen atoms in total. The number of likely N-dealkylation sites (tertiary alicyclic amines) is 1. The van der Waals surface area contributed by atoms with Crippen molar-refractivity contribution in [3.05, 3.63) is 36.1 Å². The molecule has 2 saturated heterocycles. The highest BCUT2D eigenvalue weighted by molar-refractivity contribution is 5.80. The number of benzene rings is 1. The molecular formula is C18H20FN3O. The Balaban J connectivity index is 1.58. The average molecular weight is 313 g/mol. The molecule has 4 rings (SSSR count). The van der Waals surface area contributed by atoms with Crippen molar-refractivity contribution in [1.82, 2.24) is 9.88 Å². The number of halogens is 1. The highest BCUT2D eigenvalue weighted by Crippen LogP contribution is 2.26. The number of hydrogen-bond acceptors (Lipinski definition) is 3. The van der Waals surface area contributed by atoms with Gasteiger partial charge in [0.15, 0.2) is 0 Å². The fraction of sp³-hybridized carbons (Fsp3) is 0.444. The van der Waals surface area contributed by atoms with Gasteiger partial charge in [0.25, 0.3) is 0 Å². The summed E-state index contributed by atoms with van der Waals surface area (Å²) in [6.45, 7) is 2.64. The molecule has 3 heterocycles. The van der Waals surface area contributed by atoms with Crippen LogP contribution < -0.4 is 4.90 Å². The Labute approximate surface area is 134 Å². The van der Waals surface area contributed by atoms with Gasteiger partial charge in [0, 0.05) is 43.5 Å². The minimum absolute atomic E-state index is 0.263. The quantitative estimate of drug-likeness (QED) is 0.855. The first-order valence-corrected chi connectivity index (χ1v) is 8.31. The van der Waals surface area contributed by atoms with Crippen molar-refractivity contribution >= 4 is 22.6 Å². The minimum Gasteiger partial charge on any atom is -0.355 e. The molecule has 0 radical (unpaired) electrons. The Morgan fingerprint density at radius 3 is 2.83 bits per heavy atom. The maximum absolute atomic E-state index is 13.4. The monoisotopic (exact) mass is 313 g/mol. The van der Waals surface area contributed by atoms with Crippen LogP contribution in [0.1, 0.15) is 25.7 Å². The molecule has 0 bridgehead atoms. The van der Waals surface area contributed by atoms with Crippen LogP contribution in [0.5, 0.6) is 0 Å². The summed E-state index contributed by atoms with van der Waals surface area (Å²) in [6.07, 6.45) is 3.77. The van der Waals surface area contributed by atoms with Crippen LogP contribution in [0, 0.1) is 5.82 Å². The average Bonchev–Trinajstić information content (AvgIpc) is 3.00. The highest BCUT2D eigenvalue weighted by atomic mass is 19.1. The van der Waals surface area contributed by atoms with E-state index < -0.39 is 0 Å². The molecule has 2 aliphatic heterocycles. The fourth-order valence-corrected chi connectivity index (χ4v) is 3.73. The third-order valence-corrected chi connectivity index (χ3v) is 4.91. The van der Waals surface area contributed by atoms with E-state index >= 15 is 0 Å². The lowest BCUT2D eigenvalue weighted by Crippen LogP contribution is -2.48. The van der Waals surface area contributed by atoms with Gasteiger partial charge in [-0.15, -0.1) is 0 Å². The predicted octanol–water partition coefficient (Wildman–Crippen LogP) is 2.97. The van der Waals surface area contributed by atoms with Gasteiger partial charge in [0.05, 0.1) is 5.52 Å². The third kappa shape index (κ3) is 2.76. The maximum Gasteiger partial charge on any atom is 0.222 e. The summed E-state index contributed by atoms with van der Waals surface area (Å²) in [5.74, 6) is 0.895. The van der Waals surface area contributed by atoms with Gasteiger partial charge in [0.2, 0.25) is 5.91 Å². The van der Waals surface area contributed by atoms with Crippen molar-refractivity contribution in [2.24, 2.45) is 0 Å². The van der Waals surface area contributed by atoms with Gasteiger partial charge in [0.1, 0.15) is 11.6 Å². The van der Waals surface area contributed by atoms with Crippen LogP contribution in [0.15, 0.2) is 30.3 Å². The van der Waals surface area contributed by atoms with Crippen LogP contribution in [0.3, 0.4) is 0 Å². The number of carbonyl (C=O) groups is 1. The smallest absolute Gasteiger partial charge is 0.222 e. The topological polar surface area (TPSA) is 36.4 Å². The van der Waals surface area contributed by atoms with Crippen LogP contribution >= 0.6 is 0 Å². The van der Waals surface area contributed by atoms with Crippen LogP contribution in [-0.4, -0.2) is 41.5 Å². The zero-order valence-electron chi connectivity index (χ0n) is 13.0. The summed E-state index contributed by atoms with van der Waals surface area (Å²) < 4.78 is 13.4. The molecular weight excluding hydrogens is 293 g/mol. The Kier molecular flexibility index (Phi) is 3.63. The van der Waals surface area contributed by atoms with Crippen LogP contribution in [-0.2, 0) is 4.79 Å². The maximum atomic E-state index is 13.4. The molecule has 2 aliphatic rings. The molecule has 2 aromatic rings. The van der Waals surface area contributed by atoms with Gasteiger partial charge in [-0.05, 0) is 43.5 Å². The third-order valence-electron chi connectivity index (χ3n) is 4.91. The number of amides is 1. The van der Waals surface area contributed by atoms with Crippen molar-refractivity contribution in [1.29, 1.82) is 0 Å². The van der Waals surface area contributed by atoms with E-state index in [9.17, 15) is 9.18 Å². The second-order valence-corrected chi connectivity index (χ2v) is 6.44. The molecule has 1 aromatic heterocycles. The number of piperidine rings is 1. The highest BCUT2D eigenvalue weighted by Gasteiger charge is 2.31. The Morgan fingerprint density at radius 2 is 2.00 bits per heavy atom. The molecule has 1 aromatic carbocycles. The lowest BCUT2D eigenvalue weighted by Gasteiger charge is -2.38. The number of carbonyl (C=O) groups excluding carboxylic acids is 1. The van der Waals surface area contributed by atoms with Crippen molar-refractivity contribution in [3.8, 4) is 0 Å². The standard InChI is InChI=1S/C18H20FN3O/c19-14-7-5-13-6-8-17(20-16(13)11-14)21-9-1-3-15(12-21)22-10-2-4-18(22)23/h5-8,11,15H,1-4,9-10,12H2/t15-/m1/s1. The molecule has 5 heteroatoms.